The molecule has 6 nitrogen and oxygen atoms in total. The van der Waals surface area contributed by atoms with Crippen LogP contribution in [0.25, 0.3) is 0 Å². The van der Waals surface area contributed by atoms with Crippen LogP contribution in [0.4, 0.5) is 10.5 Å². The van der Waals surface area contributed by atoms with Crippen molar-refractivity contribution in [1.29, 1.82) is 0 Å². The Labute approximate surface area is 152 Å². The molecule has 2 aromatic carbocycles. The number of carbonyl (C=O) groups is 1. The highest BCUT2D eigenvalue weighted by Crippen LogP contribution is 2.13. The zero-order valence-corrected chi connectivity index (χ0v) is 14.8. The smallest absolute Gasteiger partial charge is 0.307 e. The number of hydrogen-bond donors (Lipinski definition) is 2. The molecule has 0 bridgehead atoms. The quantitative estimate of drug-likeness (QED) is 0.546. The van der Waals surface area contributed by atoms with Gasteiger partial charge in [0.05, 0.1) is 18.5 Å². The summed E-state index contributed by atoms with van der Waals surface area (Å²) in [5.74, 6) is 0. The maximum absolute atomic E-state index is 11.9. The molecule has 2 N–H and O–H groups in total. The SMILES string of the molecule is Cc1nn(Cc2ccccc2)c(C)c1/C=N\NC(=O)Nc1ccccc1. The van der Waals surface area contributed by atoms with Gasteiger partial charge in [0, 0.05) is 16.9 Å². The molecule has 0 aliphatic carbocycles. The number of hydrogen-bond acceptors (Lipinski definition) is 3. The van der Waals surface area contributed by atoms with Crippen molar-refractivity contribution in [2.75, 3.05) is 5.32 Å². The van der Waals surface area contributed by atoms with Crippen LogP contribution in [0.1, 0.15) is 22.5 Å². The van der Waals surface area contributed by atoms with Gasteiger partial charge >= 0.3 is 6.03 Å². The molecule has 3 rings (SSSR count). The van der Waals surface area contributed by atoms with E-state index in [9.17, 15) is 4.79 Å². The van der Waals surface area contributed by atoms with E-state index in [0.717, 1.165) is 17.0 Å². The lowest BCUT2D eigenvalue weighted by Gasteiger charge is -2.05. The predicted octanol–water partition coefficient (Wildman–Crippen LogP) is 3.70. The van der Waals surface area contributed by atoms with E-state index in [1.807, 2.05) is 67.1 Å². The van der Waals surface area contributed by atoms with Gasteiger partial charge in [0.15, 0.2) is 0 Å². The number of para-hydroxylation sites is 1. The van der Waals surface area contributed by atoms with E-state index in [0.29, 0.717) is 12.2 Å². The highest BCUT2D eigenvalue weighted by molar-refractivity contribution is 5.90. The van der Waals surface area contributed by atoms with E-state index < -0.39 is 0 Å². The fourth-order valence-electron chi connectivity index (χ4n) is 2.64. The number of aryl methyl sites for hydroxylation is 1. The van der Waals surface area contributed by atoms with Gasteiger partial charge in [0.2, 0.25) is 0 Å². The van der Waals surface area contributed by atoms with Crippen molar-refractivity contribution in [3.05, 3.63) is 83.2 Å². The van der Waals surface area contributed by atoms with Gasteiger partial charge < -0.3 is 5.32 Å². The summed E-state index contributed by atoms with van der Waals surface area (Å²) in [6, 6.07) is 19.0. The lowest BCUT2D eigenvalue weighted by Crippen LogP contribution is -2.24. The van der Waals surface area contributed by atoms with E-state index in [2.05, 4.69) is 33.1 Å². The molecule has 132 valence electrons. The molecule has 0 atom stereocenters. The molecule has 0 saturated heterocycles. The number of urea groups is 1. The monoisotopic (exact) mass is 347 g/mol. The molecule has 0 aliphatic heterocycles. The van der Waals surface area contributed by atoms with Crippen LogP contribution in [-0.4, -0.2) is 22.0 Å². The maximum Gasteiger partial charge on any atom is 0.339 e. The van der Waals surface area contributed by atoms with Crippen molar-refractivity contribution in [2.45, 2.75) is 20.4 Å². The number of aromatic nitrogens is 2. The van der Waals surface area contributed by atoms with E-state index in [-0.39, 0.29) is 6.03 Å². The van der Waals surface area contributed by atoms with Crippen LogP contribution >= 0.6 is 0 Å². The lowest BCUT2D eigenvalue weighted by molar-refractivity contribution is 0.252. The molecular weight excluding hydrogens is 326 g/mol. The zero-order chi connectivity index (χ0) is 18.4. The van der Waals surface area contributed by atoms with E-state index in [4.69, 9.17) is 0 Å². The Hall–Kier alpha value is -3.41. The molecule has 0 radical (unpaired) electrons. The number of nitrogens with zero attached hydrogens (tertiary/aromatic N) is 3. The summed E-state index contributed by atoms with van der Waals surface area (Å²) >= 11 is 0. The van der Waals surface area contributed by atoms with Gasteiger partial charge in [-0.05, 0) is 31.5 Å². The summed E-state index contributed by atoms with van der Waals surface area (Å²) in [4.78, 5) is 11.9. The second-order valence-electron chi connectivity index (χ2n) is 5.92. The number of benzene rings is 2. The van der Waals surface area contributed by atoms with Crippen LogP contribution in [-0.2, 0) is 6.54 Å². The molecular formula is C20H21N5O. The van der Waals surface area contributed by atoms with Crippen molar-refractivity contribution >= 4 is 17.9 Å². The van der Waals surface area contributed by atoms with Gasteiger partial charge in [-0.1, -0.05) is 48.5 Å². The number of rotatable bonds is 5. The third-order valence-electron chi connectivity index (χ3n) is 4.00. The Morgan fingerprint density at radius 2 is 1.73 bits per heavy atom. The van der Waals surface area contributed by atoms with Gasteiger partial charge in [0.1, 0.15) is 0 Å². The molecule has 1 aromatic heterocycles. The summed E-state index contributed by atoms with van der Waals surface area (Å²) in [5, 5.41) is 11.3. The molecule has 0 unspecified atom stereocenters. The first-order valence-corrected chi connectivity index (χ1v) is 8.36. The highest BCUT2D eigenvalue weighted by Gasteiger charge is 2.10. The molecule has 1 heterocycles. The summed E-state index contributed by atoms with van der Waals surface area (Å²) in [6.45, 7) is 4.62. The number of anilines is 1. The second kappa shape index (κ2) is 8.11. The average molecular weight is 347 g/mol. The number of carbonyl (C=O) groups excluding carboxylic acids is 1. The molecule has 2 amide bonds. The zero-order valence-electron chi connectivity index (χ0n) is 14.8. The third kappa shape index (κ3) is 4.36. The van der Waals surface area contributed by atoms with Crippen molar-refractivity contribution < 1.29 is 4.79 Å². The molecule has 26 heavy (non-hydrogen) atoms. The molecule has 0 fully saturated rings. The fourth-order valence-corrected chi connectivity index (χ4v) is 2.64. The van der Waals surface area contributed by atoms with Crippen molar-refractivity contribution in [3.63, 3.8) is 0 Å². The van der Waals surface area contributed by atoms with Gasteiger partial charge in [-0.25, -0.2) is 10.2 Å². The maximum atomic E-state index is 11.9. The van der Waals surface area contributed by atoms with Crippen LogP contribution in [0.15, 0.2) is 65.8 Å². The first-order chi connectivity index (χ1) is 12.6. The largest absolute Gasteiger partial charge is 0.339 e. The summed E-state index contributed by atoms with van der Waals surface area (Å²) in [7, 11) is 0. The standard InChI is InChI=1S/C20H21N5O/c1-15-19(13-21-23-20(26)22-18-11-7-4-8-12-18)16(2)25(24-15)14-17-9-5-3-6-10-17/h3-13H,14H2,1-2H3,(H2,22,23,26)/b21-13-. The summed E-state index contributed by atoms with van der Waals surface area (Å²) in [6.07, 6.45) is 1.63. The summed E-state index contributed by atoms with van der Waals surface area (Å²) < 4.78 is 1.94. The average Bonchev–Trinajstić information content (AvgIpc) is 2.91. The van der Waals surface area contributed by atoms with E-state index in [1.165, 1.54) is 5.56 Å². The normalized spacial score (nSPS) is 10.8. The predicted molar refractivity (Wildman–Crippen MR) is 103 cm³/mol. The highest BCUT2D eigenvalue weighted by atomic mass is 16.2. The fraction of sp³-hybridized carbons (Fsp3) is 0.150. The minimum absolute atomic E-state index is 0.389. The van der Waals surface area contributed by atoms with E-state index in [1.54, 1.807) is 6.21 Å². The lowest BCUT2D eigenvalue weighted by atomic mass is 10.2. The van der Waals surface area contributed by atoms with Crippen molar-refractivity contribution in [2.24, 2.45) is 5.10 Å². The Morgan fingerprint density at radius 1 is 1.08 bits per heavy atom. The van der Waals surface area contributed by atoms with Gasteiger partial charge in [-0.15, -0.1) is 0 Å². The Kier molecular flexibility index (Phi) is 5.43. The van der Waals surface area contributed by atoms with Crippen LogP contribution in [0, 0.1) is 13.8 Å². The molecule has 3 aromatic rings. The Balaban J connectivity index is 1.64. The molecule has 0 spiro atoms. The Bertz CT molecular complexity index is 901. The van der Waals surface area contributed by atoms with Crippen molar-refractivity contribution in [1.82, 2.24) is 15.2 Å². The van der Waals surface area contributed by atoms with Crippen LogP contribution in [0.5, 0.6) is 0 Å². The third-order valence-corrected chi connectivity index (χ3v) is 4.00. The minimum atomic E-state index is -0.389. The second-order valence-corrected chi connectivity index (χ2v) is 5.92. The first-order valence-electron chi connectivity index (χ1n) is 8.36. The van der Waals surface area contributed by atoms with Gasteiger partial charge in [-0.2, -0.15) is 10.2 Å². The first kappa shape index (κ1) is 17.4. The number of amides is 2. The van der Waals surface area contributed by atoms with Gasteiger partial charge in [-0.3, -0.25) is 4.68 Å². The van der Waals surface area contributed by atoms with Crippen LogP contribution in [0.2, 0.25) is 0 Å². The Morgan fingerprint density at radius 3 is 2.42 bits per heavy atom. The summed E-state index contributed by atoms with van der Waals surface area (Å²) in [5.41, 5.74) is 7.14. The van der Waals surface area contributed by atoms with Gasteiger partial charge in [0.25, 0.3) is 0 Å². The molecule has 6 heteroatoms. The van der Waals surface area contributed by atoms with Crippen LogP contribution in [0.3, 0.4) is 0 Å². The van der Waals surface area contributed by atoms with Crippen molar-refractivity contribution in [3.8, 4) is 0 Å². The number of nitrogens with one attached hydrogen (secondary N) is 2. The minimum Gasteiger partial charge on any atom is -0.307 e. The van der Waals surface area contributed by atoms with E-state index >= 15 is 0 Å². The van der Waals surface area contributed by atoms with Crippen LogP contribution < -0.4 is 10.7 Å². The topological polar surface area (TPSA) is 71.3 Å². The number of hydrazone groups is 1. The molecule has 0 saturated carbocycles. The molecule has 0 aliphatic rings.